The Labute approximate surface area is 108 Å². The van der Waals surface area contributed by atoms with Gasteiger partial charge in [0.1, 0.15) is 0 Å². The molecule has 1 unspecified atom stereocenters. The van der Waals surface area contributed by atoms with Crippen LogP contribution >= 0.6 is 8.73 Å². The summed E-state index contributed by atoms with van der Waals surface area (Å²) >= 11 is 0. The lowest BCUT2D eigenvalue weighted by Crippen LogP contribution is -2.58. The van der Waals surface area contributed by atoms with Gasteiger partial charge in [0.15, 0.2) is 0 Å². The van der Waals surface area contributed by atoms with Gasteiger partial charge in [-0.1, -0.05) is 15.1 Å². The number of likely N-dealkylation sites (tertiary alicyclic amines) is 1. The van der Waals surface area contributed by atoms with Crippen LogP contribution in [0.4, 0.5) is 0 Å². The van der Waals surface area contributed by atoms with E-state index in [-0.39, 0.29) is 5.54 Å². The van der Waals surface area contributed by atoms with Gasteiger partial charge in [0.05, 0.1) is 7.85 Å². The van der Waals surface area contributed by atoms with Crippen LogP contribution in [0.2, 0.25) is 6.32 Å². The molecular formula is C12H22BN2OP. The third kappa shape index (κ3) is 2.68. The number of rotatable bonds is 3. The van der Waals surface area contributed by atoms with E-state index in [0.717, 1.165) is 54.0 Å². The summed E-state index contributed by atoms with van der Waals surface area (Å²) in [4.78, 5) is 14.2. The van der Waals surface area contributed by atoms with Gasteiger partial charge in [0.25, 0.3) is 0 Å². The molecule has 0 aromatic carbocycles. The number of amides is 1. The van der Waals surface area contributed by atoms with Crippen molar-refractivity contribution < 1.29 is 4.79 Å². The van der Waals surface area contributed by atoms with Gasteiger partial charge < -0.3 is 4.90 Å². The smallest absolute Gasteiger partial charge is 0.223 e. The first-order chi connectivity index (χ1) is 8.22. The monoisotopic (exact) mass is 252 g/mol. The highest BCUT2D eigenvalue weighted by Gasteiger charge is 2.43. The Morgan fingerprint density at radius 2 is 2.06 bits per heavy atom. The molecule has 0 N–H and O–H groups in total. The Hall–Kier alpha value is -0.0751. The fourth-order valence-corrected chi connectivity index (χ4v) is 3.93. The van der Waals surface area contributed by atoms with Crippen molar-refractivity contribution in [1.29, 1.82) is 0 Å². The normalized spacial score (nSPS) is 26.2. The van der Waals surface area contributed by atoms with Crippen LogP contribution in [0.5, 0.6) is 0 Å². The average molecular weight is 252 g/mol. The van der Waals surface area contributed by atoms with Crippen molar-refractivity contribution in [1.82, 2.24) is 9.57 Å². The highest BCUT2D eigenvalue weighted by Crippen LogP contribution is 2.39. The van der Waals surface area contributed by atoms with Crippen LogP contribution in [0, 0.1) is 0 Å². The topological polar surface area (TPSA) is 23.6 Å². The third-order valence-corrected chi connectivity index (χ3v) is 5.35. The lowest BCUT2D eigenvalue weighted by molar-refractivity contribution is -0.143. The van der Waals surface area contributed by atoms with E-state index < -0.39 is 0 Å². The molecule has 5 heteroatoms. The minimum atomic E-state index is 0.144. The molecule has 0 aromatic rings. The average Bonchev–Trinajstić information content (AvgIpc) is 2.35. The van der Waals surface area contributed by atoms with Crippen LogP contribution in [-0.4, -0.2) is 55.2 Å². The maximum absolute atomic E-state index is 12.1. The third-order valence-electron chi connectivity index (χ3n) is 4.27. The van der Waals surface area contributed by atoms with Gasteiger partial charge in [-0.05, 0) is 32.3 Å². The van der Waals surface area contributed by atoms with Crippen molar-refractivity contribution in [3.05, 3.63) is 0 Å². The minimum Gasteiger partial charge on any atom is -0.338 e. The van der Waals surface area contributed by atoms with Crippen molar-refractivity contribution >= 4 is 22.5 Å². The van der Waals surface area contributed by atoms with Crippen molar-refractivity contribution in [3.63, 3.8) is 0 Å². The van der Waals surface area contributed by atoms with Crippen molar-refractivity contribution in [3.8, 4) is 0 Å². The SMILES string of the molecule is [B]CCN1C(=O)CCCC12CCN(PC)CC2. The van der Waals surface area contributed by atoms with E-state index >= 15 is 0 Å². The summed E-state index contributed by atoms with van der Waals surface area (Å²) in [5.74, 6) is 0.328. The number of hydrogen-bond acceptors (Lipinski definition) is 2. The highest BCUT2D eigenvalue weighted by atomic mass is 31.1. The summed E-state index contributed by atoms with van der Waals surface area (Å²) in [5, 5.41) is 0. The van der Waals surface area contributed by atoms with Gasteiger partial charge in [-0.3, -0.25) is 9.46 Å². The van der Waals surface area contributed by atoms with E-state index in [2.05, 4.69) is 16.2 Å². The lowest BCUT2D eigenvalue weighted by Gasteiger charge is -2.51. The van der Waals surface area contributed by atoms with Crippen LogP contribution < -0.4 is 0 Å². The largest absolute Gasteiger partial charge is 0.338 e. The number of piperidine rings is 2. The number of carbonyl (C=O) groups is 1. The molecule has 2 radical (unpaired) electrons. The maximum atomic E-state index is 12.1. The Bertz CT molecular complexity index is 280. The predicted octanol–water partition coefficient (Wildman–Crippen LogP) is 1.64. The summed E-state index contributed by atoms with van der Waals surface area (Å²) in [6.45, 7) is 5.27. The van der Waals surface area contributed by atoms with Crippen LogP contribution in [0.3, 0.4) is 0 Å². The molecule has 2 aliphatic rings. The standard InChI is InChI=1S/C12H22BN2OP/c1-17-14-8-5-12(6-9-14)4-2-3-11(16)15(12)10-7-13/h17H,2-10H2,1H3. The fraction of sp³-hybridized carbons (Fsp3) is 0.917. The van der Waals surface area contributed by atoms with Crippen molar-refractivity contribution in [2.45, 2.75) is 44.0 Å². The van der Waals surface area contributed by atoms with Gasteiger partial charge >= 0.3 is 0 Å². The molecule has 1 atom stereocenters. The summed E-state index contributed by atoms with van der Waals surface area (Å²) in [7, 11) is 6.56. The first kappa shape index (κ1) is 13.4. The number of nitrogens with zero attached hydrogens (tertiary/aromatic N) is 2. The molecule has 0 aromatic heterocycles. The van der Waals surface area contributed by atoms with Crippen molar-refractivity contribution in [2.75, 3.05) is 26.3 Å². The molecule has 1 spiro atoms. The van der Waals surface area contributed by atoms with Crippen LogP contribution in [0.15, 0.2) is 0 Å². The maximum Gasteiger partial charge on any atom is 0.223 e. The molecule has 3 nitrogen and oxygen atoms in total. The second-order valence-corrected chi connectivity index (χ2v) is 6.20. The van der Waals surface area contributed by atoms with Crippen LogP contribution in [-0.2, 0) is 4.79 Å². The molecule has 94 valence electrons. The Balaban J connectivity index is 2.08. The fourth-order valence-electron chi connectivity index (χ4n) is 3.26. The van der Waals surface area contributed by atoms with E-state index in [9.17, 15) is 4.79 Å². The Morgan fingerprint density at radius 1 is 1.35 bits per heavy atom. The second kappa shape index (κ2) is 5.71. The lowest BCUT2D eigenvalue weighted by atomic mass is 9.78. The molecule has 17 heavy (non-hydrogen) atoms. The van der Waals surface area contributed by atoms with Gasteiger partial charge in [-0.15, -0.1) is 0 Å². The van der Waals surface area contributed by atoms with E-state index in [4.69, 9.17) is 7.85 Å². The number of carbonyl (C=O) groups excluding carboxylic acids is 1. The molecular weight excluding hydrogens is 230 g/mol. The first-order valence-corrected chi connectivity index (χ1v) is 8.09. The zero-order valence-corrected chi connectivity index (χ0v) is 11.7. The second-order valence-electron chi connectivity index (χ2n) is 5.12. The van der Waals surface area contributed by atoms with E-state index in [1.165, 1.54) is 6.42 Å². The van der Waals surface area contributed by atoms with E-state index in [0.29, 0.717) is 12.2 Å². The zero-order valence-electron chi connectivity index (χ0n) is 10.7. The number of hydrogen-bond donors (Lipinski definition) is 0. The molecule has 2 saturated heterocycles. The van der Waals surface area contributed by atoms with E-state index in [1.54, 1.807) is 0 Å². The quantitative estimate of drug-likeness (QED) is 0.563. The van der Waals surface area contributed by atoms with Crippen LogP contribution in [0.25, 0.3) is 0 Å². The molecule has 1 amide bonds. The summed E-state index contributed by atoms with van der Waals surface area (Å²) in [5.41, 5.74) is 0.144. The molecule has 0 bridgehead atoms. The minimum absolute atomic E-state index is 0.144. The molecule has 2 aliphatic heterocycles. The summed E-state index contributed by atoms with van der Waals surface area (Å²) < 4.78 is 2.50. The van der Waals surface area contributed by atoms with Crippen LogP contribution in [0.1, 0.15) is 32.1 Å². The van der Waals surface area contributed by atoms with E-state index in [1.807, 2.05) is 0 Å². The first-order valence-electron chi connectivity index (χ1n) is 6.65. The zero-order chi connectivity index (χ0) is 12.3. The molecule has 2 rings (SSSR count). The molecule has 2 fully saturated rings. The van der Waals surface area contributed by atoms with Gasteiger partial charge in [-0.25, -0.2) is 0 Å². The molecule has 0 saturated carbocycles. The predicted molar refractivity (Wildman–Crippen MR) is 73.9 cm³/mol. The molecule has 2 heterocycles. The van der Waals surface area contributed by atoms with Gasteiger partial charge in [0, 0.05) is 31.6 Å². The summed E-state index contributed by atoms with van der Waals surface area (Å²) in [6, 6.07) is 0. The highest BCUT2D eigenvalue weighted by molar-refractivity contribution is 7.34. The van der Waals surface area contributed by atoms with Gasteiger partial charge in [0.2, 0.25) is 5.91 Å². The molecule has 0 aliphatic carbocycles. The summed E-state index contributed by atoms with van der Waals surface area (Å²) in [6.07, 6.45) is 5.83. The Kier molecular flexibility index (Phi) is 4.49. The Morgan fingerprint density at radius 3 is 2.65 bits per heavy atom. The van der Waals surface area contributed by atoms with Crippen molar-refractivity contribution in [2.24, 2.45) is 0 Å². The van der Waals surface area contributed by atoms with Gasteiger partial charge in [-0.2, -0.15) is 0 Å².